The van der Waals surface area contributed by atoms with E-state index in [2.05, 4.69) is 0 Å². The molecule has 1 aromatic carbocycles. The molecule has 21 heavy (non-hydrogen) atoms. The number of aryl methyl sites for hydroxylation is 1. The van der Waals surface area contributed by atoms with E-state index >= 15 is 0 Å². The third-order valence-corrected chi connectivity index (χ3v) is 4.86. The number of hydrogen-bond acceptors (Lipinski definition) is 3. The van der Waals surface area contributed by atoms with Crippen LogP contribution < -0.4 is 0 Å². The van der Waals surface area contributed by atoms with Crippen LogP contribution in [-0.2, 0) is 19.5 Å². The van der Waals surface area contributed by atoms with Crippen LogP contribution >= 0.6 is 0 Å². The minimum Gasteiger partial charge on any atom is -0.403 e. The van der Waals surface area contributed by atoms with E-state index in [9.17, 15) is 4.79 Å². The maximum absolute atomic E-state index is 11.7. The molecule has 3 nitrogen and oxygen atoms in total. The summed E-state index contributed by atoms with van der Waals surface area (Å²) in [5, 5.41) is 0. The predicted molar refractivity (Wildman–Crippen MR) is 85.5 cm³/mol. The fraction of sp³-hybridized carbons (Fsp3) is 0.588. The van der Waals surface area contributed by atoms with Gasteiger partial charge < -0.3 is 14.1 Å². The minimum atomic E-state index is -0.602. The highest BCUT2D eigenvalue weighted by molar-refractivity contribution is 6.46. The van der Waals surface area contributed by atoms with E-state index in [4.69, 9.17) is 9.31 Å². The summed E-state index contributed by atoms with van der Waals surface area (Å²) in [6, 6.07) is 8.08. The van der Waals surface area contributed by atoms with Gasteiger partial charge >= 0.3 is 7.12 Å². The SMILES string of the molecule is Cc1ccc(C(C)(C=O)CB2OC(C)(C)C(C)(C)O2)cc1. The van der Waals surface area contributed by atoms with Crippen LogP contribution in [0.3, 0.4) is 0 Å². The molecular formula is C17H25BO3. The van der Waals surface area contributed by atoms with E-state index in [0.717, 1.165) is 11.8 Å². The molecule has 1 aliphatic heterocycles. The van der Waals surface area contributed by atoms with Gasteiger partial charge in [-0.15, -0.1) is 0 Å². The largest absolute Gasteiger partial charge is 0.459 e. The highest BCUT2D eigenvalue weighted by Gasteiger charge is 2.52. The number of carbonyl (C=O) groups is 1. The monoisotopic (exact) mass is 288 g/mol. The molecule has 0 amide bonds. The third-order valence-electron chi connectivity index (χ3n) is 4.86. The second-order valence-electron chi connectivity index (χ2n) is 7.29. The first kappa shape index (κ1) is 16.2. The van der Waals surface area contributed by atoms with Crippen LogP contribution in [0.2, 0.25) is 6.32 Å². The number of rotatable bonds is 4. The zero-order valence-corrected chi connectivity index (χ0v) is 13.9. The minimum absolute atomic E-state index is 0.366. The molecule has 0 spiro atoms. The molecule has 0 N–H and O–H groups in total. The Hall–Kier alpha value is -1.13. The summed E-state index contributed by atoms with van der Waals surface area (Å²) in [5.41, 5.74) is 0.846. The molecule has 2 rings (SSSR count). The fourth-order valence-electron chi connectivity index (χ4n) is 2.56. The van der Waals surface area contributed by atoms with Crippen molar-refractivity contribution in [1.82, 2.24) is 0 Å². The fourth-order valence-corrected chi connectivity index (χ4v) is 2.56. The van der Waals surface area contributed by atoms with Gasteiger partial charge in [0, 0.05) is 5.41 Å². The maximum Gasteiger partial charge on any atom is 0.459 e. The van der Waals surface area contributed by atoms with Gasteiger partial charge in [-0.3, -0.25) is 0 Å². The summed E-state index contributed by atoms with van der Waals surface area (Å²) in [5.74, 6) is 0. The lowest BCUT2D eigenvalue weighted by atomic mass is 9.66. The smallest absolute Gasteiger partial charge is 0.403 e. The van der Waals surface area contributed by atoms with Crippen LogP contribution in [0.1, 0.15) is 45.7 Å². The molecule has 4 heteroatoms. The average Bonchev–Trinajstić information content (AvgIpc) is 2.57. The van der Waals surface area contributed by atoms with Gasteiger partial charge in [0.2, 0.25) is 0 Å². The van der Waals surface area contributed by atoms with Crippen LogP contribution in [-0.4, -0.2) is 24.6 Å². The van der Waals surface area contributed by atoms with Crippen LogP contribution in [0.15, 0.2) is 24.3 Å². The van der Waals surface area contributed by atoms with Gasteiger partial charge in [-0.25, -0.2) is 0 Å². The number of hydrogen-bond donors (Lipinski definition) is 0. The standard InChI is InChI=1S/C17H25BO3/c1-13-7-9-14(10-8-13)17(6,12-19)11-18-20-15(2,3)16(4,5)21-18/h7-10,12H,11H2,1-6H3. The molecular weight excluding hydrogens is 263 g/mol. The quantitative estimate of drug-likeness (QED) is 0.628. The molecule has 1 atom stereocenters. The molecule has 0 aromatic heterocycles. The first-order chi connectivity index (χ1) is 9.60. The van der Waals surface area contributed by atoms with E-state index in [1.165, 1.54) is 5.56 Å². The van der Waals surface area contributed by atoms with Crippen LogP contribution in [0.25, 0.3) is 0 Å². The Morgan fingerprint density at radius 3 is 2.00 bits per heavy atom. The molecule has 1 unspecified atom stereocenters. The Balaban J connectivity index is 2.20. The molecule has 1 aromatic rings. The third kappa shape index (κ3) is 3.07. The van der Waals surface area contributed by atoms with E-state index in [0.29, 0.717) is 6.32 Å². The Kier molecular flexibility index (Phi) is 4.07. The van der Waals surface area contributed by atoms with Gasteiger partial charge in [0.25, 0.3) is 0 Å². The zero-order valence-electron chi connectivity index (χ0n) is 13.9. The van der Waals surface area contributed by atoms with E-state index < -0.39 is 5.41 Å². The average molecular weight is 288 g/mol. The van der Waals surface area contributed by atoms with Crippen molar-refractivity contribution in [3.8, 4) is 0 Å². The summed E-state index contributed by atoms with van der Waals surface area (Å²) in [7, 11) is -0.369. The van der Waals surface area contributed by atoms with Gasteiger partial charge in [0.15, 0.2) is 0 Å². The number of aldehydes is 1. The summed E-state index contributed by atoms with van der Waals surface area (Å²) in [4.78, 5) is 11.7. The Labute approximate surface area is 128 Å². The summed E-state index contributed by atoms with van der Waals surface area (Å²) in [6.45, 7) is 12.1. The van der Waals surface area contributed by atoms with Gasteiger partial charge in [0.05, 0.1) is 11.2 Å². The second kappa shape index (κ2) is 5.26. The molecule has 0 saturated carbocycles. The maximum atomic E-state index is 11.7. The summed E-state index contributed by atoms with van der Waals surface area (Å²) >= 11 is 0. The van der Waals surface area contributed by atoms with Crippen molar-refractivity contribution < 1.29 is 14.1 Å². The lowest BCUT2D eigenvalue weighted by Crippen LogP contribution is -2.41. The van der Waals surface area contributed by atoms with Crippen molar-refractivity contribution in [2.75, 3.05) is 0 Å². The van der Waals surface area contributed by atoms with Crippen LogP contribution in [0.4, 0.5) is 0 Å². The van der Waals surface area contributed by atoms with E-state index in [-0.39, 0.29) is 18.3 Å². The predicted octanol–water partition coefficient (Wildman–Crippen LogP) is 3.54. The van der Waals surface area contributed by atoms with Crippen molar-refractivity contribution in [2.24, 2.45) is 0 Å². The van der Waals surface area contributed by atoms with Gasteiger partial charge in [0.1, 0.15) is 6.29 Å². The number of carbonyl (C=O) groups excluding carboxylic acids is 1. The molecule has 1 aliphatic rings. The lowest BCUT2D eigenvalue weighted by Gasteiger charge is -2.32. The molecule has 0 bridgehead atoms. The van der Waals surface area contributed by atoms with E-state index in [1.807, 2.05) is 65.8 Å². The van der Waals surface area contributed by atoms with Gasteiger partial charge in [-0.05, 0) is 53.4 Å². The number of benzene rings is 1. The highest BCUT2D eigenvalue weighted by Crippen LogP contribution is 2.40. The van der Waals surface area contributed by atoms with E-state index in [1.54, 1.807) is 0 Å². The normalized spacial score (nSPS) is 22.9. The second-order valence-corrected chi connectivity index (χ2v) is 7.29. The van der Waals surface area contributed by atoms with Crippen LogP contribution in [0.5, 0.6) is 0 Å². The summed E-state index contributed by atoms with van der Waals surface area (Å²) in [6.07, 6.45) is 1.52. The Morgan fingerprint density at radius 2 is 1.57 bits per heavy atom. The molecule has 114 valence electrons. The Morgan fingerprint density at radius 1 is 1.10 bits per heavy atom. The molecule has 0 aliphatic carbocycles. The molecule has 1 fully saturated rings. The van der Waals surface area contributed by atoms with Gasteiger partial charge in [-0.1, -0.05) is 29.8 Å². The van der Waals surface area contributed by atoms with Crippen molar-refractivity contribution in [1.29, 1.82) is 0 Å². The lowest BCUT2D eigenvalue weighted by molar-refractivity contribution is -0.111. The van der Waals surface area contributed by atoms with Crippen molar-refractivity contribution >= 4 is 13.4 Å². The zero-order chi connectivity index (χ0) is 15.9. The molecule has 1 saturated heterocycles. The van der Waals surface area contributed by atoms with Crippen molar-refractivity contribution in [3.63, 3.8) is 0 Å². The molecule has 0 radical (unpaired) electrons. The molecule has 1 heterocycles. The first-order valence-corrected chi connectivity index (χ1v) is 7.49. The topological polar surface area (TPSA) is 35.5 Å². The van der Waals surface area contributed by atoms with Crippen molar-refractivity contribution in [2.45, 2.75) is 64.5 Å². The highest BCUT2D eigenvalue weighted by atomic mass is 16.7. The first-order valence-electron chi connectivity index (χ1n) is 7.49. The Bertz CT molecular complexity index is 505. The van der Waals surface area contributed by atoms with Crippen molar-refractivity contribution in [3.05, 3.63) is 35.4 Å². The summed E-state index contributed by atoms with van der Waals surface area (Å²) < 4.78 is 12.1. The van der Waals surface area contributed by atoms with Crippen LogP contribution in [0, 0.1) is 6.92 Å². The van der Waals surface area contributed by atoms with Gasteiger partial charge in [-0.2, -0.15) is 0 Å².